The van der Waals surface area contributed by atoms with Crippen molar-refractivity contribution in [3.63, 3.8) is 0 Å². The van der Waals surface area contributed by atoms with Gasteiger partial charge >= 0.3 is 5.97 Å². The number of nitrogens with one attached hydrogen (secondary N) is 1. The van der Waals surface area contributed by atoms with Crippen LogP contribution in [0.2, 0.25) is 0 Å². The zero-order valence-corrected chi connectivity index (χ0v) is 15.2. The number of carbonyl (C=O) groups is 2. The average Bonchev–Trinajstić information content (AvgIpc) is 3.04. The number of carboxylic acids is 1. The molecule has 0 saturated heterocycles. The molecule has 1 fully saturated rings. The van der Waals surface area contributed by atoms with E-state index in [-0.39, 0.29) is 5.91 Å². The summed E-state index contributed by atoms with van der Waals surface area (Å²) in [5.74, 6) is -1.26. The van der Waals surface area contributed by atoms with E-state index in [2.05, 4.69) is 10.4 Å². The van der Waals surface area contributed by atoms with Gasteiger partial charge in [0.25, 0.3) is 5.91 Å². The fourth-order valence-corrected chi connectivity index (χ4v) is 3.55. The Labute approximate surface area is 153 Å². The summed E-state index contributed by atoms with van der Waals surface area (Å²) in [5.41, 5.74) is 2.87. The van der Waals surface area contributed by atoms with Crippen LogP contribution >= 0.6 is 0 Å². The number of aryl methyl sites for hydroxylation is 1. The molecule has 3 rings (SSSR count). The van der Waals surface area contributed by atoms with Gasteiger partial charge in [0.2, 0.25) is 0 Å². The largest absolute Gasteiger partial charge is 0.481 e. The normalized spacial score (nSPS) is 16.2. The SMILES string of the molecule is CC(C(=O)O)c1ccc(NC(=O)c2cn(C)nc2C2CCCCC2)cc1. The lowest BCUT2D eigenvalue weighted by Crippen LogP contribution is -2.16. The minimum atomic E-state index is -0.866. The molecular formula is C20H25N3O3. The van der Waals surface area contributed by atoms with Gasteiger partial charge in [0.1, 0.15) is 0 Å². The van der Waals surface area contributed by atoms with Crippen LogP contribution in [0.15, 0.2) is 30.5 Å². The summed E-state index contributed by atoms with van der Waals surface area (Å²) in [7, 11) is 1.84. The van der Waals surface area contributed by atoms with Gasteiger partial charge in [0.15, 0.2) is 0 Å². The average molecular weight is 355 g/mol. The molecule has 6 nitrogen and oxygen atoms in total. The monoisotopic (exact) mass is 355 g/mol. The van der Waals surface area contributed by atoms with Crippen LogP contribution in [0.1, 0.15) is 72.5 Å². The number of benzene rings is 1. The second kappa shape index (κ2) is 7.72. The molecule has 2 N–H and O–H groups in total. The molecular weight excluding hydrogens is 330 g/mol. The van der Waals surface area contributed by atoms with E-state index in [4.69, 9.17) is 5.11 Å². The summed E-state index contributed by atoms with van der Waals surface area (Å²) in [6.07, 6.45) is 7.57. The van der Waals surface area contributed by atoms with Crippen LogP contribution < -0.4 is 5.32 Å². The number of anilines is 1. The van der Waals surface area contributed by atoms with Crippen molar-refractivity contribution < 1.29 is 14.7 Å². The third-order valence-corrected chi connectivity index (χ3v) is 5.13. The lowest BCUT2D eigenvalue weighted by molar-refractivity contribution is -0.138. The van der Waals surface area contributed by atoms with E-state index in [1.807, 2.05) is 7.05 Å². The molecule has 1 aliphatic rings. The van der Waals surface area contributed by atoms with Crippen LogP contribution in [0.4, 0.5) is 5.69 Å². The third kappa shape index (κ3) is 3.95. The first-order valence-corrected chi connectivity index (χ1v) is 9.13. The Kier molecular flexibility index (Phi) is 5.40. The van der Waals surface area contributed by atoms with Crippen LogP contribution in [0.3, 0.4) is 0 Å². The number of carboxylic acid groups (broad SMARTS) is 1. The van der Waals surface area contributed by atoms with Crippen LogP contribution in [0.25, 0.3) is 0 Å². The number of carbonyl (C=O) groups excluding carboxylic acids is 1. The maximum Gasteiger partial charge on any atom is 0.310 e. The van der Waals surface area contributed by atoms with Crippen molar-refractivity contribution in [3.05, 3.63) is 47.3 Å². The lowest BCUT2D eigenvalue weighted by Gasteiger charge is -2.20. The molecule has 1 heterocycles. The second-order valence-electron chi connectivity index (χ2n) is 7.07. The number of aromatic nitrogens is 2. The van der Waals surface area contributed by atoms with Gasteiger partial charge in [-0.1, -0.05) is 31.4 Å². The number of amides is 1. The van der Waals surface area contributed by atoms with Crippen molar-refractivity contribution in [2.75, 3.05) is 5.32 Å². The third-order valence-electron chi connectivity index (χ3n) is 5.13. The maximum absolute atomic E-state index is 12.8. The number of hydrogen-bond donors (Lipinski definition) is 2. The van der Waals surface area contributed by atoms with E-state index < -0.39 is 11.9 Å². The molecule has 0 spiro atoms. The maximum atomic E-state index is 12.8. The summed E-state index contributed by atoms with van der Waals surface area (Å²) >= 11 is 0. The van der Waals surface area contributed by atoms with Gasteiger partial charge in [-0.05, 0) is 37.5 Å². The van der Waals surface area contributed by atoms with E-state index in [9.17, 15) is 9.59 Å². The van der Waals surface area contributed by atoms with Gasteiger partial charge in [0, 0.05) is 24.8 Å². The minimum Gasteiger partial charge on any atom is -0.481 e. The molecule has 0 aliphatic heterocycles. The van der Waals surface area contributed by atoms with Crippen LogP contribution in [-0.4, -0.2) is 26.8 Å². The standard InChI is InChI=1S/C20H25N3O3/c1-13(20(25)26)14-8-10-16(11-9-14)21-19(24)17-12-23(2)22-18(17)15-6-4-3-5-7-15/h8-13,15H,3-7H2,1-2H3,(H,21,24)(H,25,26). The molecule has 26 heavy (non-hydrogen) atoms. The summed E-state index contributed by atoms with van der Waals surface area (Å²) in [5, 5.41) is 16.5. The summed E-state index contributed by atoms with van der Waals surface area (Å²) in [4.78, 5) is 23.8. The van der Waals surface area contributed by atoms with Gasteiger partial charge in [-0.25, -0.2) is 0 Å². The van der Waals surface area contributed by atoms with Crippen molar-refractivity contribution in [1.82, 2.24) is 9.78 Å². The van der Waals surface area contributed by atoms with Gasteiger partial charge in [-0.3, -0.25) is 14.3 Å². The van der Waals surface area contributed by atoms with E-state index in [0.717, 1.165) is 18.5 Å². The smallest absolute Gasteiger partial charge is 0.310 e. The molecule has 6 heteroatoms. The molecule has 138 valence electrons. The van der Waals surface area contributed by atoms with Crippen molar-refractivity contribution >= 4 is 17.6 Å². The number of nitrogens with zero attached hydrogens (tertiary/aromatic N) is 2. The quantitative estimate of drug-likeness (QED) is 0.852. The van der Waals surface area contributed by atoms with E-state index in [1.54, 1.807) is 42.1 Å². The highest BCUT2D eigenvalue weighted by Crippen LogP contribution is 2.33. The van der Waals surface area contributed by atoms with E-state index in [0.29, 0.717) is 22.7 Å². The van der Waals surface area contributed by atoms with E-state index >= 15 is 0 Å². The molecule has 0 radical (unpaired) electrons. The van der Waals surface area contributed by atoms with Crippen molar-refractivity contribution in [2.24, 2.45) is 7.05 Å². The molecule has 1 aromatic heterocycles. The Balaban J connectivity index is 1.75. The minimum absolute atomic E-state index is 0.169. The molecule has 1 aliphatic carbocycles. The molecule has 1 amide bonds. The van der Waals surface area contributed by atoms with Gasteiger partial charge in [0.05, 0.1) is 17.2 Å². The first-order chi connectivity index (χ1) is 12.5. The highest BCUT2D eigenvalue weighted by Gasteiger charge is 2.25. The Morgan fingerprint density at radius 2 is 1.85 bits per heavy atom. The first kappa shape index (κ1) is 18.2. The highest BCUT2D eigenvalue weighted by atomic mass is 16.4. The first-order valence-electron chi connectivity index (χ1n) is 9.13. The van der Waals surface area contributed by atoms with Gasteiger partial charge in [-0.15, -0.1) is 0 Å². The number of aliphatic carboxylic acids is 1. The summed E-state index contributed by atoms with van der Waals surface area (Å²) in [6, 6.07) is 6.95. The Morgan fingerprint density at radius 1 is 1.19 bits per heavy atom. The van der Waals surface area contributed by atoms with Crippen molar-refractivity contribution in [1.29, 1.82) is 0 Å². The molecule has 0 bridgehead atoms. The van der Waals surface area contributed by atoms with Crippen LogP contribution in [0.5, 0.6) is 0 Å². The number of hydrogen-bond acceptors (Lipinski definition) is 3. The van der Waals surface area contributed by atoms with Crippen LogP contribution in [-0.2, 0) is 11.8 Å². The predicted molar refractivity (Wildman–Crippen MR) is 99.5 cm³/mol. The van der Waals surface area contributed by atoms with Crippen molar-refractivity contribution in [2.45, 2.75) is 50.9 Å². The fraction of sp³-hybridized carbons (Fsp3) is 0.450. The topological polar surface area (TPSA) is 84.2 Å². The fourth-order valence-electron chi connectivity index (χ4n) is 3.55. The molecule has 1 saturated carbocycles. The van der Waals surface area contributed by atoms with Crippen LogP contribution in [0, 0.1) is 0 Å². The van der Waals surface area contributed by atoms with Gasteiger partial charge in [-0.2, -0.15) is 5.10 Å². The predicted octanol–water partition coefficient (Wildman–Crippen LogP) is 3.91. The Bertz CT molecular complexity index is 789. The number of rotatable bonds is 5. The Morgan fingerprint density at radius 3 is 2.46 bits per heavy atom. The van der Waals surface area contributed by atoms with Crippen molar-refractivity contribution in [3.8, 4) is 0 Å². The van der Waals surface area contributed by atoms with E-state index in [1.165, 1.54) is 19.3 Å². The zero-order chi connectivity index (χ0) is 18.7. The van der Waals surface area contributed by atoms with Gasteiger partial charge < -0.3 is 10.4 Å². The highest BCUT2D eigenvalue weighted by molar-refractivity contribution is 6.05. The molecule has 1 unspecified atom stereocenters. The Hall–Kier alpha value is -2.63. The zero-order valence-electron chi connectivity index (χ0n) is 15.2. The molecule has 1 aromatic carbocycles. The lowest BCUT2D eigenvalue weighted by atomic mass is 9.85. The molecule has 2 aromatic rings. The summed E-state index contributed by atoms with van der Waals surface area (Å²) < 4.78 is 1.70. The summed E-state index contributed by atoms with van der Waals surface area (Å²) in [6.45, 7) is 1.64. The molecule has 1 atom stereocenters. The second-order valence-corrected chi connectivity index (χ2v) is 7.07.